The number of nitrogens with zero attached hydrogens (tertiary/aromatic N) is 5. The van der Waals surface area contributed by atoms with Crippen LogP contribution < -0.4 is 5.32 Å². The number of rotatable bonds is 4. The third-order valence-corrected chi connectivity index (χ3v) is 6.42. The second-order valence-corrected chi connectivity index (χ2v) is 8.21. The van der Waals surface area contributed by atoms with Crippen molar-refractivity contribution in [3.63, 3.8) is 0 Å². The number of aromatic nitrogens is 4. The average Bonchev–Trinajstić information content (AvgIpc) is 3.27. The maximum absolute atomic E-state index is 12.4. The Kier molecular flexibility index (Phi) is 4.38. The number of amides is 1. The number of carbonyl (C=O) groups excluding carboxylic acids is 1. The summed E-state index contributed by atoms with van der Waals surface area (Å²) in [6.07, 6.45) is 3.01. The van der Waals surface area contributed by atoms with Gasteiger partial charge in [0.05, 0.1) is 11.3 Å². The quantitative estimate of drug-likeness (QED) is 0.695. The average molecular weight is 384 g/mol. The van der Waals surface area contributed by atoms with Crippen LogP contribution in [-0.4, -0.2) is 31.2 Å². The molecule has 3 heterocycles. The third kappa shape index (κ3) is 2.95. The molecule has 1 aliphatic carbocycles. The van der Waals surface area contributed by atoms with Gasteiger partial charge in [-0.2, -0.15) is 5.26 Å². The number of hydrogen-bond acceptors (Lipinski definition) is 7. The summed E-state index contributed by atoms with van der Waals surface area (Å²) in [7, 11) is 0. The van der Waals surface area contributed by atoms with Gasteiger partial charge in [0.1, 0.15) is 11.1 Å². The van der Waals surface area contributed by atoms with Crippen molar-refractivity contribution in [2.45, 2.75) is 38.3 Å². The van der Waals surface area contributed by atoms with Gasteiger partial charge < -0.3 is 5.32 Å². The summed E-state index contributed by atoms with van der Waals surface area (Å²) in [6, 6.07) is 4.19. The first-order valence-corrected chi connectivity index (χ1v) is 10.0. The minimum absolute atomic E-state index is 0.152. The number of anilines is 1. The van der Waals surface area contributed by atoms with E-state index in [-0.39, 0.29) is 11.7 Å². The van der Waals surface area contributed by atoms with E-state index in [1.165, 1.54) is 28.0 Å². The number of nitriles is 1. The standard InChI is InChI=1S/C17H16N6OS2/c1-9-6-10(2)23-16(19-9)21-22-17(23)25-8-14(24)20-15-12(7-18)11-4-3-5-13(11)26-15/h6H,3-5,8H2,1-2H3,(H,20,24). The van der Waals surface area contributed by atoms with Crippen LogP contribution in [0.1, 0.15) is 33.8 Å². The van der Waals surface area contributed by atoms with E-state index in [2.05, 4.69) is 26.6 Å². The van der Waals surface area contributed by atoms with E-state index >= 15 is 0 Å². The van der Waals surface area contributed by atoms with E-state index in [1.807, 2.05) is 24.3 Å². The summed E-state index contributed by atoms with van der Waals surface area (Å²) >= 11 is 2.83. The second-order valence-electron chi connectivity index (χ2n) is 6.17. The number of hydrogen-bond donors (Lipinski definition) is 1. The van der Waals surface area contributed by atoms with Gasteiger partial charge in [0, 0.05) is 16.3 Å². The Morgan fingerprint density at radius 2 is 2.27 bits per heavy atom. The summed E-state index contributed by atoms with van der Waals surface area (Å²) in [4.78, 5) is 17.9. The highest BCUT2D eigenvalue weighted by atomic mass is 32.2. The Morgan fingerprint density at radius 3 is 3.08 bits per heavy atom. The molecule has 0 saturated heterocycles. The lowest BCUT2D eigenvalue weighted by Crippen LogP contribution is -2.14. The van der Waals surface area contributed by atoms with Crippen molar-refractivity contribution in [1.29, 1.82) is 5.26 Å². The fraction of sp³-hybridized carbons (Fsp3) is 0.353. The van der Waals surface area contributed by atoms with Crippen LogP contribution in [0.4, 0.5) is 5.00 Å². The molecule has 0 unspecified atom stereocenters. The number of thioether (sulfide) groups is 1. The van der Waals surface area contributed by atoms with Crippen molar-refractivity contribution >= 4 is 39.8 Å². The first-order valence-electron chi connectivity index (χ1n) is 8.23. The van der Waals surface area contributed by atoms with E-state index in [0.29, 0.717) is 21.5 Å². The lowest BCUT2D eigenvalue weighted by atomic mass is 10.1. The molecule has 0 aromatic carbocycles. The number of thiophene rings is 1. The maximum Gasteiger partial charge on any atom is 0.256 e. The summed E-state index contributed by atoms with van der Waals surface area (Å²) in [6.45, 7) is 3.87. The number of nitrogens with one attached hydrogen (secondary N) is 1. The first-order chi connectivity index (χ1) is 12.6. The van der Waals surface area contributed by atoms with E-state index in [0.717, 1.165) is 36.2 Å². The zero-order valence-corrected chi connectivity index (χ0v) is 16.0. The molecule has 0 spiro atoms. The number of aryl methyl sites for hydroxylation is 3. The summed E-state index contributed by atoms with van der Waals surface area (Å²) < 4.78 is 1.84. The van der Waals surface area contributed by atoms with Crippen LogP contribution in [0.25, 0.3) is 5.78 Å². The Hall–Kier alpha value is -2.44. The lowest BCUT2D eigenvalue weighted by Gasteiger charge is -2.05. The highest BCUT2D eigenvalue weighted by Crippen LogP contribution is 2.38. The van der Waals surface area contributed by atoms with Crippen LogP contribution in [0.2, 0.25) is 0 Å². The normalized spacial score (nSPS) is 13.0. The predicted molar refractivity (Wildman–Crippen MR) is 101 cm³/mol. The smallest absolute Gasteiger partial charge is 0.256 e. The van der Waals surface area contributed by atoms with Gasteiger partial charge in [-0.25, -0.2) is 4.98 Å². The topological polar surface area (TPSA) is 96.0 Å². The molecule has 9 heteroatoms. The molecule has 1 N–H and O–H groups in total. The van der Waals surface area contributed by atoms with Gasteiger partial charge >= 0.3 is 0 Å². The van der Waals surface area contributed by atoms with Gasteiger partial charge in [0.2, 0.25) is 5.91 Å². The van der Waals surface area contributed by atoms with Gasteiger partial charge in [-0.3, -0.25) is 9.20 Å². The third-order valence-electron chi connectivity index (χ3n) is 4.28. The zero-order chi connectivity index (χ0) is 18.3. The van der Waals surface area contributed by atoms with Crippen molar-refractivity contribution in [3.8, 4) is 6.07 Å². The first kappa shape index (κ1) is 17.0. The van der Waals surface area contributed by atoms with Crippen LogP contribution in [0, 0.1) is 25.2 Å². The molecule has 0 saturated carbocycles. The zero-order valence-electron chi connectivity index (χ0n) is 14.4. The molecule has 0 aliphatic heterocycles. The molecular formula is C17H16N6OS2. The van der Waals surface area contributed by atoms with Crippen molar-refractivity contribution in [2.24, 2.45) is 0 Å². The molecule has 7 nitrogen and oxygen atoms in total. The van der Waals surface area contributed by atoms with Crippen molar-refractivity contribution in [3.05, 3.63) is 33.5 Å². The fourth-order valence-electron chi connectivity index (χ4n) is 3.20. The largest absolute Gasteiger partial charge is 0.316 e. The molecule has 0 atom stereocenters. The van der Waals surface area contributed by atoms with Crippen molar-refractivity contribution in [1.82, 2.24) is 19.6 Å². The number of fused-ring (bicyclic) bond motifs is 2. The lowest BCUT2D eigenvalue weighted by molar-refractivity contribution is -0.113. The highest BCUT2D eigenvalue weighted by Gasteiger charge is 2.23. The molecule has 1 aliphatic rings. The molecule has 132 valence electrons. The Morgan fingerprint density at radius 1 is 1.42 bits per heavy atom. The molecule has 0 bridgehead atoms. The van der Waals surface area contributed by atoms with Crippen LogP contribution in [0.15, 0.2) is 11.2 Å². The highest BCUT2D eigenvalue weighted by molar-refractivity contribution is 7.99. The van der Waals surface area contributed by atoms with Crippen LogP contribution >= 0.6 is 23.1 Å². The molecule has 1 amide bonds. The second kappa shape index (κ2) is 6.70. The Bertz CT molecular complexity index is 1060. The molecular weight excluding hydrogens is 368 g/mol. The van der Waals surface area contributed by atoms with Gasteiger partial charge in [0.15, 0.2) is 5.16 Å². The molecule has 3 aromatic rings. The predicted octanol–water partition coefficient (Wildman–Crippen LogP) is 2.89. The van der Waals surface area contributed by atoms with Gasteiger partial charge in [-0.05, 0) is 44.7 Å². The van der Waals surface area contributed by atoms with E-state index in [9.17, 15) is 10.1 Å². The maximum atomic E-state index is 12.4. The fourth-order valence-corrected chi connectivity index (χ4v) is 5.24. The van der Waals surface area contributed by atoms with Crippen LogP contribution in [-0.2, 0) is 17.6 Å². The molecule has 3 aromatic heterocycles. The summed E-state index contributed by atoms with van der Waals surface area (Å²) in [5, 5.41) is 21.8. The molecule has 26 heavy (non-hydrogen) atoms. The van der Waals surface area contributed by atoms with Crippen molar-refractivity contribution < 1.29 is 4.79 Å². The molecule has 4 rings (SSSR count). The van der Waals surface area contributed by atoms with Crippen molar-refractivity contribution in [2.75, 3.05) is 11.1 Å². The number of carbonyl (C=O) groups is 1. The molecule has 0 fully saturated rings. The Balaban J connectivity index is 1.48. The monoisotopic (exact) mass is 384 g/mol. The minimum atomic E-state index is -0.152. The van der Waals surface area contributed by atoms with E-state index < -0.39 is 0 Å². The molecule has 0 radical (unpaired) electrons. The van der Waals surface area contributed by atoms with E-state index in [4.69, 9.17) is 0 Å². The SMILES string of the molecule is Cc1cc(C)n2c(SCC(=O)Nc3sc4c(c3C#N)CCC4)nnc2n1. The van der Waals surface area contributed by atoms with Gasteiger partial charge in [-0.1, -0.05) is 11.8 Å². The van der Waals surface area contributed by atoms with Crippen LogP contribution in [0.5, 0.6) is 0 Å². The van der Waals surface area contributed by atoms with Gasteiger partial charge in [0.25, 0.3) is 5.78 Å². The summed E-state index contributed by atoms with van der Waals surface area (Å²) in [5.74, 6) is 0.578. The minimum Gasteiger partial charge on any atom is -0.316 e. The summed E-state index contributed by atoms with van der Waals surface area (Å²) in [5.41, 5.74) is 3.60. The van der Waals surface area contributed by atoms with E-state index in [1.54, 1.807) is 0 Å². The van der Waals surface area contributed by atoms with Crippen LogP contribution in [0.3, 0.4) is 0 Å². The van der Waals surface area contributed by atoms with Gasteiger partial charge in [-0.15, -0.1) is 21.5 Å². The Labute approximate surface area is 158 Å².